The molecule has 0 fully saturated rings. The second-order valence-electron chi connectivity index (χ2n) is 8.12. The first kappa shape index (κ1) is 24.7. The molecule has 0 aliphatic carbocycles. The van der Waals surface area contributed by atoms with Crippen LogP contribution in [0.15, 0.2) is 94.7 Å². The van der Waals surface area contributed by atoms with Crippen molar-refractivity contribution in [1.82, 2.24) is 0 Å². The summed E-state index contributed by atoms with van der Waals surface area (Å²) in [5, 5.41) is 26.6. The van der Waals surface area contributed by atoms with Crippen LogP contribution < -0.4 is 10.6 Å². The van der Waals surface area contributed by atoms with Crippen molar-refractivity contribution in [3.05, 3.63) is 107 Å². The number of para-hydroxylation sites is 2. The quantitative estimate of drug-likeness (QED) is 0.223. The molecule has 182 valence electrons. The number of carboxylic acid groups (broad SMARTS) is 2. The highest BCUT2D eigenvalue weighted by atomic mass is 32.2. The number of nitrogens with one attached hydrogen (secondary N) is 2. The monoisotopic (exact) mass is 500 g/mol. The predicted molar refractivity (Wildman–Crippen MR) is 140 cm³/mol. The molecule has 0 amide bonds. The molecule has 0 radical (unpaired) electrons. The van der Waals surface area contributed by atoms with Crippen LogP contribution in [-0.4, -0.2) is 26.4 Å². The Balaban J connectivity index is 2.05. The summed E-state index contributed by atoms with van der Waals surface area (Å²) in [6, 6.07) is 24.0. The lowest BCUT2D eigenvalue weighted by molar-refractivity contribution is 0.0680. The second-order valence-corrected chi connectivity index (χ2v) is 9.54. The van der Waals surface area contributed by atoms with Gasteiger partial charge in [-0.1, -0.05) is 54.6 Å². The minimum Gasteiger partial charge on any atom is -0.478 e. The van der Waals surface area contributed by atoms with Crippen molar-refractivity contribution in [1.29, 1.82) is 0 Å². The van der Waals surface area contributed by atoms with Gasteiger partial charge in [0.05, 0.1) is 32.6 Å². The zero-order chi connectivity index (χ0) is 25.8. The van der Waals surface area contributed by atoms with Gasteiger partial charge in [0.2, 0.25) is 0 Å². The van der Waals surface area contributed by atoms with Gasteiger partial charge < -0.3 is 20.8 Å². The number of carboxylic acids is 2. The Morgan fingerprint density at radius 2 is 1.22 bits per heavy atom. The largest absolute Gasteiger partial charge is 0.478 e. The highest BCUT2D eigenvalue weighted by molar-refractivity contribution is 7.85. The maximum atomic E-state index is 13.9. The highest BCUT2D eigenvalue weighted by Crippen LogP contribution is 2.39. The van der Waals surface area contributed by atoms with E-state index in [1.807, 2.05) is 38.1 Å². The normalized spacial score (nSPS) is 11.5. The second kappa shape index (κ2) is 10.5. The molecule has 4 rings (SSSR count). The van der Waals surface area contributed by atoms with Crippen LogP contribution in [0.25, 0.3) is 0 Å². The van der Waals surface area contributed by atoms with Crippen molar-refractivity contribution in [3.63, 3.8) is 0 Å². The lowest BCUT2D eigenvalue weighted by atomic mass is 10.0. The molecule has 36 heavy (non-hydrogen) atoms. The van der Waals surface area contributed by atoms with E-state index in [9.17, 15) is 24.0 Å². The van der Waals surface area contributed by atoms with E-state index in [-0.39, 0.29) is 27.4 Å². The third-order valence-corrected chi connectivity index (χ3v) is 7.17. The first-order chi connectivity index (χ1) is 17.3. The predicted octanol–water partition coefficient (Wildman–Crippen LogP) is 6.35. The van der Waals surface area contributed by atoms with Gasteiger partial charge in [-0.25, -0.2) is 13.8 Å². The summed E-state index contributed by atoms with van der Waals surface area (Å²) in [6.45, 7) is 3.68. The van der Waals surface area contributed by atoms with Crippen molar-refractivity contribution < 1.29 is 24.0 Å². The van der Waals surface area contributed by atoms with E-state index in [4.69, 9.17) is 0 Å². The maximum absolute atomic E-state index is 13.9. The zero-order valence-electron chi connectivity index (χ0n) is 19.6. The number of carbonyl (C=O) groups is 2. The molecule has 1 atom stereocenters. The third kappa shape index (κ3) is 4.99. The third-order valence-electron chi connectivity index (χ3n) is 5.69. The topological polar surface area (TPSA) is 116 Å². The van der Waals surface area contributed by atoms with Gasteiger partial charge in [-0.2, -0.15) is 0 Å². The van der Waals surface area contributed by atoms with Gasteiger partial charge in [0, 0.05) is 16.3 Å². The Morgan fingerprint density at radius 1 is 0.694 bits per heavy atom. The minimum atomic E-state index is -2.02. The molecule has 4 aromatic rings. The Hall–Kier alpha value is -4.43. The van der Waals surface area contributed by atoms with E-state index in [1.165, 1.54) is 6.07 Å². The van der Waals surface area contributed by atoms with Crippen LogP contribution in [0.1, 0.15) is 31.8 Å². The molecular formula is C28H24N2O5S. The number of anilines is 4. The van der Waals surface area contributed by atoms with Crippen LogP contribution >= 0.6 is 0 Å². The van der Waals surface area contributed by atoms with Crippen LogP contribution in [0.5, 0.6) is 0 Å². The summed E-state index contributed by atoms with van der Waals surface area (Å²) < 4.78 is 13.9. The standard InChI is InChI=1S/C28H24N2O5S/c1-17-10-6-8-14-21(17)29-23-16-20(27(31)32)25(30-22-15-9-7-11-18(22)2)26(24(23)28(33)34)36(35)19-12-4-3-5-13-19/h3-16,29-30H,1-2H3,(H,31,32)(H,33,34). The molecule has 8 heteroatoms. The van der Waals surface area contributed by atoms with E-state index in [0.717, 1.165) is 11.1 Å². The molecular weight excluding hydrogens is 476 g/mol. The number of aromatic carboxylic acids is 2. The fourth-order valence-corrected chi connectivity index (χ4v) is 5.18. The van der Waals surface area contributed by atoms with Crippen molar-refractivity contribution in [2.75, 3.05) is 10.6 Å². The molecule has 7 nitrogen and oxygen atoms in total. The molecule has 0 aliphatic heterocycles. The molecule has 0 bridgehead atoms. The highest BCUT2D eigenvalue weighted by Gasteiger charge is 2.30. The molecule has 1 unspecified atom stereocenters. The van der Waals surface area contributed by atoms with Crippen molar-refractivity contribution in [2.24, 2.45) is 0 Å². The van der Waals surface area contributed by atoms with E-state index in [1.54, 1.807) is 54.6 Å². The van der Waals surface area contributed by atoms with Gasteiger partial charge in [-0.3, -0.25) is 0 Å². The van der Waals surface area contributed by atoms with E-state index in [2.05, 4.69) is 10.6 Å². The summed E-state index contributed by atoms with van der Waals surface area (Å²) >= 11 is 0. The Bertz CT molecular complexity index is 1490. The van der Waals surface area contributed by atoms with Crippen molar-refractivity contribution >= 4 is 45.5 Å². The van der Waals surface area contributed by atoms with E-state index < -0.39 is 22.7 Å². The Morgan fingerprint density at radius 3 is 1.75 bits per heavy atom. The average Bonchev–Trinajstić information content (AvgIpc) is 2.86. The van der Waals surface area contributed by atoms with Gasteiger partial charge in [0.1, 0.15) is 5.56 Å². The SMILES string of the molecule is Cc1ccccc1Nc1cc(C(=O)O)c(Nc2ccccc2C)c(S(=O)c2ccccc2)c1C(=O)O. The fourth-order valence-electron chi connectivity index (χ4n) is 3.82. The van der Waals surface area contributed by atoms with Crippen molar-refractivity contribution in [2.45, 2.75) is 23.6 Å². The summed E-state index contributed by atoms with van der Waals surface area (Å²) in [5.41, 5.74) is 2.33. The number of benzene rings is 4. The van der Waals surface area contributed by atoms with E-state index >= 15 is 0 Å². The first-order valence-corrected chi connectivity index (χ1v) is 12.2. The number of rotatable bonds is 8. The van der Waals surface area contributed by atoms with Crippen molar-refractivity contribution in [3.8, 4) is 0 Å². The maximum Gasteiger partial charge on any atom is 0.339 e. The Labute approximate surface area is 210 Å². The summed E-state index contributed by atoms with van der Waals surface area (Å²) in [5.74, 6) is -2.63. The lowest BCUT2D eigenvalue weighted by Gasteiger charge is -2.22. The number of hydrogen-bond donors (Lipinski definition) is 4. The summed E-state index contributed by atoms with van der Waals surface area (Å²) in [6.07, 6.45) is 0. The molecule has 4 aromatic carbocycles. The van der Waals surface area contributed by atoms with Crippen LogP contribution in [0.2, 0.25) is 0 Å². The van der Waals surface area contributed by atoms with Gasteiger partial charge in [-0.05, 0) is 55.3 Å². The smallest absolute Gasteiger partial charge is 0.339 e. The first-order valence-electron chi connectivity index (χ1n) is 11.1. The molecule has 0 spiro atoms. The summed E-state index contributed by atoms with van der Waals surface area (Å²) in [7, 11) is -2.02. The Kier molecular flexibility index (Phi) is 7.17. The van der Waals surface area contributed by atoms with Crippen LogP contribution in [-0.2, 0) is 10.8 Å². The lowest BCUT2D eigenvalue weighted by Crippen LogP contribution is -2.16. The zero-order valence-corrected chi connectivity index (χ0v) is 20.4. The molecule has 0 aromatic heterocycles. The molecule has 0 heterocycles. The van der Waals surface area contributed by atoms with Gasteiger partial charge in [0.25, 0.3) is 0 Å². The molecule has 0 aliphatic rings. The molecule has 0 saturated carbocycles. The van der Waals surface area contributed by atoms with E-state index in [0.29, 0.717) is 16.3 Å². The number of hydrogen-bond acceptors (Lipinski definition) is 5. The van der Waals surface area contributed by atoms with Crippen LogP contribution in [0, 0.1) is 13.8 Å². The molecule has 0 saturated heterocycles. The number of aryl methyl sites for hydroxylation is 2. The fraction of sp³-hybridized carbons (Fsp3) is 0.0714. The van der Waals surface area contributed by atoms with Gasteiger partial charge in [0.15, 0.2) is 0 Å². The van der Waals surface area contributed by atoms with Gasteiger partial charge >= 0.3 is 11.9 Å². The van der Waals surface area contributed by atoms with Crippen LogP contribution in [0.4, 0.5) is 22.7 Å². The minimum absolute atomic E-state index is 0.0313. The average molecular weight is 501 g/mol. The summed E-state index contributed by atoms with van der Waals surface area (Å²) in [4.78, 5) is 25.3. The van der Waals surface area contributed by atoms with Gasteiger partial charge in [-0.15, -0.1) is 0 Å². The van der Waals surface area contributed by atoms with Crippen LogP contribution in [0.3, 0.4) is 0 Å². The molecule has 4 N–H and O–H groups in total.